The van der Waals surface area contributed by atoms with Crippen molar-refractivity contribution in [2.24, 2.45) is 10.2 Å². The largest absolute Gasteiger partial charge is 0.493 e. The number of hydrogen-bond donors (Lipinski definition) is 0. The molecule has 0 bridgehead atoms. The molecule has 154 valence electrons. The van der Waals surface area contributed by atoms with Gasteiger partial charge in [-0.3, -0.25) is 4.99 Å². The summed E-state index contributed by atoms with van der Waals surface area (Å²) in [6.45, 7) is 6.07. The van der Waals surface area contributed by atoms with Crippen molar-refractivity contribution < 1.29 is 18.9 Å². The van der Waals surface area contributed by atoms with Crippen molar-refractivity contribution in [2.45, 2.75) is 20.8 Å². The molecule has 0 unspecified atom stereocenters. The van der Waals surface area contributed by atoms with Crippen LogP contribution >= 0.6 is 0 Å². The van der Waals surface area contributed by atoms with Crippen LogP contribution in [0.5, 0.6) is 23.0 Å². The Morgan fingerprint density at radius 1 is 0.966 bits per heavy atom. The lowest BCUT2D eigenvalue weighted by atomic mass is 9.99. The molecule has 2 aromatic rings. The molecule has 0 spiro atoms. The molecule has 0 amide bonds. The monoisotopic (exact) mass is 398 g/mol. The van der Waals surface area contributed by atoms with E-state index in [0.717, 1.165) is 16.7 Å². The highest BCUT2D eigenvalue weighted by molar-refractivity contribution is 5.93. The van der Waals surface area contributed by atoms with Gasteiger partial charge in [-0.2, -0.15) is 0 Å². The van der Waals surface area contributed by atoms with Crippen molar-refractivity contribution in [2.75, 3.05) is 27.9 Å². The number of nitroso groups, excluding NO2 is 1. The molecule has 0 aromatic heterocycles. The van der Waals surface area contributed by atoms with E-state index in [1.807, 2.05) is 39.0 Å². The third-order valence-corrected chi connectivity index (χ3v) is 4.34. The van der Waals surface area contributed by atoms with Crippen LogP contribution in [0.15, 0.2) is 40.5 Å². The minimum absolute atomic E-state index is 0.244. The van der Waals surface area contributed by atoms with Crippen LogP contribution in [-0.4, -0.2) is 34.2 Å². The summed E-state index contributed by atoms with van der Waals surface area (Å²) in [5, 5.41) is 3.10. The number of hydrogen-bond acceptors (Lipinski definition) is 7. The average molecular weight is 398 g/mol. The van der Waals surface area contributed by atoms with Gasteiger partial charge in [-0.15, -0.1) is 4.91 Å². The Labute approximate surface area is 170 Å². The first-order valence-electron chi connectivity index (χ1n) is 9.15. The maximum Gasteiger partial charge on any atom is 0.203 e. The zero-order valence-electron chi connectivity index (χ0n) is 17.6. The molecule has 7 nitrogen and oxygen atoms in total. The first-order chi connectivity index (χ1) is 14.0. The van der Waals surface area contributed by atoms with Crippen LogP contribution in [0.4, 0.5) is 5.69 Å². The molecule has 0 saturated carbocycles. The molecule has 2 aromatic carbocycles. The van der Waals surface area contributed by atoms with Crippen LogP contribution in [0.25, 0.3) is 11.3 Å². The van der Waals surface area contributed by atoms with Crippen LogP contribution in [0.2, 0.25) is 0 Å². The normalized spacial score (nSPS) is 11.8. The van der Waals surface area contributed by atoms with Crippen molar-refractivity contribution in [1.82, 2.24) is 0 Å². The van der Waals surface area contributed by atoms with E-state index in [0.29, 0.717) is 35.3 Å². The molecule has 0 saturated heterocycles. The Balaban J connectivity index is 2.69. The Hall–Kier alpha value is -3.35. The molecular weight excluding hydrogens is 372 g/mol. The summed E-state index contributed by atoms with van der Waals surface area (Å²) in [4.78, 5) is 15.8. The quantitative estimate of drug-likeness (QED) is 0.317. The highest BCUT2D eigenvalue weighted by Crippen LogP contribution is 2.42. The Morgan fingerprint density at radius 2 is 1.62 bits per heavy atom. The Morgan fingerprint density at radius 3 is 2.10 bits per heavy atom. The second kappa shape index (κ2) is 10.3. The number of ether oxygens (including phenoxy) is 4. The predicted molar refractivity (Wildman–Crippen MR) is 116 cm³/mol. The minimum atomic E-state index is 0.244. The topological polar surface area (TPSA) is 78.7 Å². The van der Waals surface area contributed by atoms with Gasteiger partial charge in [0.1, 0.15) is 11.4 Å². The van der Waals surface area contributed by atoms with E-state index in [1.165, 1.54) is 0 Å². The molecule has 7 heteroatoms. The van der Waals surface area contributed by atoms with Crippen molar-refractivity contribution in [1.29, 1.82) is 0 Å². The molecule has 0 heterocycles. The van der Waals surface area contributed by atoms with Gasteiger partial charge in [0.15, 0.2) is 11.5 Å². The van der Waals surface area contributed by atoms with Gasteiger partial charge < -0.3 is 18.9 Å². The number of methoxy groups -OCH3 is 3. The first-order valence-corrected chi connectivity index (χ1v) is 9.15. The number of nitrogens with zero attached hydrogens (tertiary/aromatic N) is 2. The van der Waals surface area contributed by atoms with Crippen LogP contribution in [0.3, 0.4) is 0 Å². The van der Waals surface area contributed by atoms with Crippen molar-refractivity contribution in [3.05, 3.63) is 46.4 Å². The average Bonchev–Trinajstić information content (AvgIpc) is 2.76. The summed E-state index contributed by atoms with van der Waals surface area (Å²) in [6, 6.07) is 8.97. The lowest BCUT2D eigenvalue weighted by Gasteiger charge is -2.16. The van der Waals surface area contributed by atoms with Gasteiger partial charge in [0.25, 0.3) is 0 Å². The third-order valence-electron chi connectivity index (χ3n) is 4.34. The second-order valence-corrected chi connectivity index (χ2v) is 5.98. The number of aliphatic imine (C=N–C) groups is 1. The van der Waals surface area contributed by atoms with E-state index < -0.39 is 0 Å². The van der Waals surface area contributed by atoms with E-state index in [-0.39, 0.29) is 5.69 Å². The van der Waals surface area contributed by atoms with Gasteiger partial charge in [-0.25, -0.2) is 0 Å². The smallest absolute Gasteiger partial charge is 0.203 e. The lowest BCUT2D eigenvalue weighted by Crippen LogP contribution is -1.98. The Bertz CT molecular complexity index is 910. The molecule has 0 radical (unpaired) electrons. The summed E-state index contributed by atoms with van der Waals surface area (Å²) in [7, 11) is 4.68. The summed E-state index contributed by atoms with van der Waals surface area (Å²) in [6.07, 6.45) is 1.70. The zero-order chi connectivity index (χ0) is 21.4. The minimum Gasteiger partial charge on any atom is -0.493 e. The van der Waals surface area contributed by atoms with E-state index in [9.17, 15) is 4.91 Å². The molecule has 0 atom stereocenters. The number of allylic oxidation sites excluding steroid dienone is 1. The maximum atomic E-state index is 11.3. The summed E-state index contributed by atoms with van der Waals surface area (Å²) < 4.78 is 21.8. The fraction of sp³-hybridized carbons (Fsp3) is 0.318. The van der Waals surface area contributed by atoms with Gasteiger partial charge in [0.05, 0.1) is 33.6 Å². The van der Waals surface area contributed by atoms with E-state index >= 15 is 0 Å². The third kappa shape index (κ3) is 4.74. The van der Waals surface area contributed by atoms with E-state index in [4.69, 9.17) is 18.9 Å². The number of rotatable bonds is 9. The fourth-order valence-electron chi connectivity index (χ4n) is 2.97. The molecule has 0 N–H and O–H groups in total. The van der Waals surface area contributed by atoms with Gasteiger partial charge in [-0.05, 0) is 61.4 Å². The van der Waals surface area contributed by atoms with E-state index in [2.05, 4.69) is 10.2 Å². The fourth-order valence-corrected chi connectivity index (χ4v) is 2.97. The number of benzene rings is 2. The molecule has 0 fully saturated rings. The van der Waals surface area contributed by atoms with Crippen LogP contribution in [0, 0.1) is 4.91 Å². The maximum absolute atomic E-state index is 11.3. The molecule has 0 aliphatic heterocycles. The summed E-state index contributed by atoms with van der Waals surface area (Å²) >= 11 is 0. The first kappa shape index (κ1) is 21.9. The molecule has 29 heavy (non-hydrogen) atoms. The van der Waals surface area contributed by atoms with Gasteiger partial charge >= 0.3 is 0 Å². The standard InChI is InChI=1S/C22H26N2O5/c1-7-23-21(16-12-19(26-4)22(28-6)20(13-16)27-5)14(3)15-9-10-18(29-8-2)17(11-15)24-25/h7,9-13H,8H2,1-6H3/b21-14+,23-7?. The highest BCUT2D eigenvalue weighted by Gasteiger charge is 2.17. The van der Waals surface area contributed by atoms with E-state index in [1.54, 1.807) is 39.7 Å². The van der Waals surface area contributed by atoms with Crippen molar-refractivity contribution >= 4 is 23.2 Å². The van der Waals surface area contributed by atoms with Gasteiger partial charge in [-0.1, -0.05) is 6.07 Å². The van der Waals surface area contributed by atoms with Crippen molar-refractivity contribution in [3.63, 3.8) is 0 Å². The second-order valence-electron chi connectivity index (χ2n) is 5.98. The molecular formula is C22H26N2O5. The SMILES string of the molecule is CC=N/C(=C(\C)c1ccc(OCC)c(N=O)c1)c1cc(OC)c(OC)c(OC)c1. The van der Waals surface area contributed by atoms with Crippen LogP contribution < -0.4 is 18.9 Å². The molecule has 0 aliphatic rings. The van der Waals surface area contributed by atoms with Crippen molar-refractivity contribution in [3.8, 4) is 23.0 Å². The van der Waals surface area contributed by atoms with Gasteiger partial charge in [0.2, 0.25) is 5.75 Å². The highest BCUT2D eigenvalue weighted by atomic mass is 16.5. The zero-order valence-corrected chi connectivity index (χ0v) is 17.6. The molecule has 0 aliphatic carbocycles. The van der Waals surface area contributed by atoms with Crippen LogP contribution in [0.1, 0.15) is 31.9 Å². The molecule has 2 rings (SSSR count). The lowest BCUT2D eigenvalue weighted by molar-refractivity contribution is 0.324. The summed E-state index contributed by atoms with van der Waals surface area (Å²) in [5.41, 5.74) is 3.38. The Kier molecular flexibility index (Phi) is 7.77. The van der Waals surface area contributed by atoms with Gasteiger partial charge in [0, 0.05) is 11.8 Å². The predicted octanol–water partition coefficient (Wildman–Crippen LogP) is 5.49. The van der Waals surface area contributed by atoms with Crippen LogP contribution in [-0.2, 0) is 0 Å². The summed E-state index contributed by atoms with van der Waals surface area (Å²) in [5.74, 6) is 2.01.